The van der Waals surface area contributed by atoms with Crippen molar-refractivity contribution in [2.75, 3.05) is 10.8 Å². The third kappa shape index (κ3) is 7.98. The zero-order chi connectivity index (χ0) is 29.6. The van der Waals surface area contributed by atoms with Gasteiger partial charge in [-0.25, -0.2) is 8.42 Å². The van der Waals surface area contributed by atoms with Crippen LogP contribution in [0, 0.1) is 13.8 Å². The lowest BCUT2D eigenvalue weighted by Gasteiger charge is -2.33. The molecular weight excluding hydrogens is 602 g/mol. The molecule has 1 atom stereocenters. The van der Waals surface area contributed by atoms with Crippen LogP contribution in [0.5, 0.6) is 0 Å². The van der Waals surface area contributed by atoms with Crippen LogP contribution in [0.2, 0.25) is 0 Å². The molecule has 2 amide bonds. The number of benzene rings is 3. The van der Waals surface area contributed by atoms with E-state index < -0.39 is 28.5 Å². The van der Waals surface area contributed by atoms with Crippen LogP contribution in [-0.4, -0.2) is 43.8 Å². The number of nitrogens with one attached hydrogen (secondary N) is 1. The molecule has 0 heterocycles. The van der Waals surface area contributed by atoms with Gasteiger partial charge in [0.2, 0.25) is 11.8 Å². The zero-order valence-electron chi connectivity index (χ0n) is 23.8. The molecule has 41 heavy (non-hydrogen) atoms. The van der Waals surface area contributed by atoms with E-state index in [1.54, 1.807) is 49.4 Å². The van der Waals surface area contributed by atoms with Crippen molar-refractivity contribution in [3.05, 3.63) is 94.0 Å². The predicted octanol–water partition coefficient (Wildman–Crippen LogP) is 6.13. The maximum absolute atomic E-state index is 14.1. The number of carbonyl (C=O) groups is 2. The fraction of sp³-hybridized carbons (Fsp3) is 0.375. The lowest BCUT2D eigenvalue weighted by molar-refractivity contribution is -0.139. The highest BCUT2D eigenvalue weighted by molar-refractivity contribution is 9.10. The molecule has 0 saturated heterocycles. The minimum Gasteiger partial charge on any atom is -0.352 e. The van der Waals surface area contributed by atoms with Crippen molar-refractivity contribution in [3.8, 4) is 0 Å². The molecule has 0 radical (unpaired) electrons. The van der Waals surface area contributed by atoms with Crippen molar-refractivity contribution in [1.82, 2.24) is 10.2 Å². The summed E-state index contributed by atoms with van der Waals surface area (Å²) in [7, 11) is -4.08. The van der Waals surface area contributed by atoms with E-state index in [0.29, 0.717) is 5.69 Å². The van der Waals surface area contributed by atoms with Gasteiger partial charge in [0, 0.05) is 17.1 Å². The van der Waals surface area contributed by atoms with E-state index in [-0.39, 0.29) is 23.4 Å². The smallest absolute Gasteiger partial charge is 0.264 e. The van der Waals surface area contributed by atoms with E-state index in [4.69, 9.17) is 0 Å². The molecule has 0 aromatic heterocycles. The van der Waals surface area contributed by atoms with Crippen LogP contribution < -0.4 is 9.62 Å². The van der Waals surface area contributed by atoms with Gasteiger partial charge in [-0.2, -0.15) is 0 Å². The van der Waals surface area contributed by atoms with Crippen molar-refractivity contribution in [1.29, 1.82) is 0 Å². The Hall–Kier alpha value is -3.17. The summed E-state index contributed by atoms with van der Waals surface area (Å²) in [6.07, 6.45) is 5.16. The lowest BCUT2D eigenvalue weighted by atomic mass is 9.95. The molecule has 1 N–H and O–H groups in total. The minimum absolute atomic E-state index is 0.0917. The molecule has 1 unspecified atom stereocenters. The van der Waals surface area contributed by atoms with Crippen LogP contribution in [-0.2, 0) is 26.2 Å². The van der Waals surface area contributed by atoms with Gasteiger partial charge in [-0.3, -0.25) is 13.9 Å². The van der Waals surface area contributed by atoms with E-state index in [9.17, 15) is 18.0 Å². The third-order valence-electron chi connectivity index (χ3n) is 7.56. The molecule has 218 valence electrons. The maximum atomic E-state index is 14.1. The van der Waals surface area contributed by atoms with Crippen LogP contribution in [0.4, 0.5) is 5.69 Å². The predicted molar refractivity (Wildman–Crippen MR) is 166 cm³/mol. The number of amides is 2. The number of sulfonamides is 1. The van der Waals surface area contributed by atoms with Gasteiger partial charge in [-0.1, -0.05) is 77.2 Å². The van der Waals surface area contributed by atoms with Crippen molar-refractivity contribution >= 4 is 43.5 Å². The number of rotatable bonds is 10. The fourth-order valence-electron chi connectivity index (χ4n) is 5.09. The summed E-state index contributed by atoms with van der Waals surface area (Å²) in [6.45, 7) is 5.19. The largest absolute Gasteiger partial charge is 0.352 e. The molecule has 1 aliphatic carbocycles. The van der Waals surface area contributed by atoms with Crippen LogP contribution in [0.3, 0.4) is 0 Å². The molecule has 4 rings (SSSR count). The van der Waals surface area contributed by atoms with Gasteiger partial charge in [0.1, 0.15) is 12.6 Å². The van der Waals surface area contributed by atoms with Gasteiger partial charge in [0.25, 0.3) is 10.0 Å². The summed E-state index contributed by atoms with van der Waals surface area (Å²) in [4.78, 5) is 29.1. The lowest BCUT2D eigenvalue weighted by Crippen LogP contribution is -2.53. The Bertz CT molecular complexity index is 1450. The fourth-order valence-corrected chi connectivity index (χ4v) is 6.76. The number of hydrogen-bond acceptors (Lipinski definition) is 4. The van der Waals surface area contributed by atoms with E-state index >= 15 is 0 Å². The first-order valence-corrected chi connectivity index (χ1v) is 16.3. The first-order valence-electron chi connectivity index (χ1n) is 14.0. The van der Waals surface area contributed by atoms with Crippen LogP contribution in [0.1, 0.15) is 55.7 Å². The molecule has 9 heteroatoms. The molecule has 0 spiro atoms. The Labute approximate surface area is 252 Å². The quantitative estimate of drug-likeness (QED) is 0.289. The van der Waals surface area contributed by atoms with E-state index in [1.807, 2.05) is 44.2 Å². The minimum atomic E-state index is -4.08. The summed E-state index contributed by atoms with van der Waals surface area (Å²) < 4.78 is 29.9. The van der Waals surface area contributed by atoms with E-state index in [1.165, 1.54) is 11.3 Å². The first kappa shape index (κ1) is 30.8. The monoisotopic (exact) mass is 639 g/mol. The van der Waals surface area contributed by atoms with Gasteiger partial charge in [0.05, 0.1) is 10.6 Å². The topological polar surface area (TPSA) is 86.8 Å². The average Bonchev–Trinajstić information content (AvgIpc) is 2.95. The van der Waals surface area contributed by atoms with Crippen molar-refractivity contribution in [3.63, 3.8) is 0 Å². The first-order chi connectivity index (χ1) is 19.5. The second-order valence-electron chi connectivity index (χ2n) is 10.8. The van der Waals surface area contributed by atoms with E-state index in [2.05, 4.69) is 21.2 Å². The summed E-state index contributed by atoms with van der Waals surface area (Å²) >= 11 is 3.44. The number of halogens is 1. The molecule has 7 nitrogen and oxygen atoms in total. The van der Waals surface area contributed by atoms with Gasteiger partial charge < -0.3 is 10.2 Å². The SMILES string of the molecule is Cc1ccc(S(=O)(=O)N(CC(=O)N(Cc2ccc(Br)cc2)C(C)C(=O)NC2CCCCC2)c2cccc(C)c2)cc1. The Balaban J connectivity index is 1.67. The van der Waals surface area contributed by atoms with E-state index in [0.717, 1.165) is 51.2 Å². The number of aryl methyl sites for hydroxylation is 2. The highest BCUT2D eigenvalue weighted by Gasteiger charge is 2.33. The highest BCUT2D eigenvalue weighted by atomic mass is 79.9. The Morgan fingerprint density at radius 3 is 2.22 bits per heavy atom. The molecule has 3 aromatic rings. The second-order valence-corrected chi connectivity index (χ2v) is 13.6. The molecule has 0 aliphatic heterocycles. The molecule has 0 bridgehead atoms. The Morgan fingerprint density at radius 2 is 1.59 bits per heavy atom. The molecule has 1 aliphatic rings. The van der Waals surface area contributed by atoms with Gasteiger partial charge in [-0.05, 0) is 81.1 Å². The number of anilines is 1. The molecule has 1 saturated carbocycles. The molecule has 3 aromatic carbocycles. The molecule has 1 fully saturated rings. The average molecular weight is 641 g/mol. The van der Waals surface area contributed by atoms with Crippen LogP contribution >= 0.6 is 15.9 Å². The summed E-state index contributed by atoms with van der Waals surface area (Å²) in [5.41, 5.74) is 3.02. The van der Waals surface area contributed by atoms with Crippen molar-refractivity contribution < 1.29 is 18.0 Å². The van der Waals surface area contributed by atoms with Crippen molar-refractivity contribution in [2.45, 2.75) is 76.4 Å². The van der Waals surface area contributed by atoms with Crippen LogP contribution in [0.15, 0.2) is 82.2 Å². The molecular formula is C32H38BrN3O4S. The van der Waals surface area contributed by atoms with Crippen LogP contribution in [0.25, 0.3) is 0 Å². The highest BCUT2D eigenvalue weighted by Crippen LogP contribution is 2.26. The maximum Gasteiger partial charge on any atom is 0.264 e. The summed E-state index contributed by atoms with van der Waals surface area (Å²) in [5, 5.41) is 3.13. The van der Waals surface area contributed by atoms with Gasteiger partial charge in [-0.15, -0.1) is 0 Å². The Kier molecular flexibility index (Phi) is 10.3. The second kappa shape index (κ2) is 13.7. The van der Waals surface area contributed by atoms with Gasteiger partial charge >= 0.3 is 0 Å². The Morgan fingerprint density at radius 1 is 0.927 bits per heavy atom. The standard InChI is InChI=1S/C32H38BrN3O4S/c1-23-12-18-30(19-13-23)41(39,40)36(29-11-7-8-24(2)20-29)22-31(37)35(21-26-14-16-27(33)17-15-26)25(3)32(38)34-28-9-5-4-6-10-28/h7-8,11-20,25,28H,4-6,9-10,21-22H2,1-3H3,(H,34,38). The normalized spacial score (nSPS) is 14.7. The number of carbonyl (C=O) groups excluding carboxylic acids is 2. The summed E-state index contributed by atoms with van der Waals surface area (Å²) in [5.74, 6) is -0.692. The van der Waals surface area contributed by atoms with Gasteiger partial charge in [0.15, 0.2) is 0 Å². The van der Waals surface area contributed by atoms with Crippen molar-refractivity contribution in [2.24, 2.45) is 0 Å². The number of nitrogens with zero attached hydrogens (tertiary/aromatic N) is 2. The summed E-state index contributed by atoms with van der Waals surface area (Å²) in [6, 6.07) is 20.5. The zero-order valence-corrected chi connectivity index (χ0v) is 26.2. The third-order valence-corrected chi connectivity index (χ3v) is 9.88. The number of hydrogen-bond donors (Lipinski definition) is 1.